The molecule has 0 unspecified atom stereocenters. The number of hydrogen-bond acceptors (Lipinski definition) is 4. The minimum atomic E-state index is -3.60. The average Bonchev–Trinajstić information content (AvgIpc) is 2.36. The summed E-state index contributed by atoms with van der Waals surface area (Å²) in [7, 11) is -2.11. The van der Waals surface area contributed by atoms with Gasteiger partial charge in [0, 0.05) is 18.8 Å². The normalized spacial score (nSPS) is 11.4. The summed E-state index contributed by atoms with van der Waals surface area (Å²) in [6, 6.07) is 8.47. The standard InChI is InChI=1S/C14H17N3O2S/c1-10-6-5-7-13(8-10)20(18,19)17(4)14-9-11(2)15-12(3)16-14/h5-9H,1-4H3. The number of aromatic nitrogens is 2. The lowest BCUT2D eigenvalue weighted by Crippen LogP contribution is -2.27. The van der Waals surface area contributed by atoms with Crippen LogP contribution < -0.4 is 4.31 Å². The van der Waals surface area contributed by atoms with E-state index in [1.54, 1.807) is 31.2 Å². The van der Waals surface area contributed by atoms with Crippen molar-refractivity contribution in [3.63, 3.8) is 0 Å². The third-order valence-corrected chi connectivity index (χ3v) is 4.68. The molecule has 0 radical (unpaired) electrons. The first-order valence-electron chi connectivity index (χ1n) is 6.18. The van der Waals surface area contributed by atoms with Gasteiger partial charge in [0.15, 0.2) is 0 Å². The second kappa shape index (κ2) is 5.20. The van der Waals surface area contributed by atoms with E-state index in [1.807, 2.05) is 19.9 Å². The van der Waals surface area contributed by atoms with Crippen molar-refractivity contribution in [2.45, 2.75) is 25.7 Å². The van der Waals surface area contributed by atoms with Gasteiger partial charge in [0.05, 0.1) is 4.90 Å². The first-order valence-corrected chi connectivity index (χ1v) is 7.62. The van der Waals surface area contributed by atoms with E-state index in [9.17, 15) is 8.42 Å². The van der Waals surface area contributed by atoms with Crippen molar-refractivity contribution in [3.05, 3.63) is 47.4 Å². The molecule has 1 aromatic carbocycles. The van der Waals surface area contributed by atoms with Crippen molar-refractivity contribution in [2.24, 2.45) is 0 Å². The van der Waals surface area contributed by atoms with Gasteiger partial charge in [-0.15, -0.1) is 0 Å². The highest BCUT2D eigenvalue weighted by molar-refractivity contribution is 7.92. The molecule has 0 aliphatic rings. The zero-order valence-electron chi connectivity index (χ0n) is 12.0. The Bertz CT molecular complexity index is 722. The Balaban J connectivity index is 2.48. The van der Waals surface area contributed by atoms with E-state index in [0.717, 1.165) is 11.3 Å². The number of benzene rings is 1. The summed E-state index contributed by atoms with van der Waals surface area (Å²) < 4.78 is 26.3. The van der Waals surface area contributed by atoms with Crippen LogP contribution in [-0.2, 0) is 10.0 Å². The van der Waals surface area contributed by atoms with Crippen molar-refractivity contribution in [3.8, 4) is 0 Å². The molecule has 0 fully saturated rings. The molecule has 0 amide bonds. The van der Waals surface area contributed by atoms with Gasteiger partial charge in [-0.2, -0.15) is 0 Å². The number of hydrogen-bond donors (Lipinski definition) is 0. The SMILES string of the molecule is Cc1cccc(S(=O)(=O)N(C)c2cc(C)nc(C)n2)c1. The van der Waals surface area contributed by atoms with Gasteiger partial charge >= 0.3 is 0 Å². The number of rotatable bonds is 3. The van der Waals surface area contributed by atoms with Gasteiger partial charge in [0.25, 0.3) is 10.0 Å². The van der Waals surface area contributed by atoms with Gasteiger partial charge in [0.1, 0.15) is 11.6 Å². The molecule has 6 heteroatoms. The predicted octanol–water partition coefficient (Wildman–Crippen LogP) is 2.23. The zero-order chi connectivity index (χ0) is 14.9. The topological polar surface area (TPSA) is 63.2 Å². The Morgan fingerprint density at radius 3 is 2.35 bits per heavy atom. The summed E-state index contributed by atoms with van der Waals surface area (Å²) in [5, 5.41) is 0. The molecule has 0 saturated carbocycles. The summed E-state index contributed by atoms with van der Waals surface area (Å²) in [4.78, 5) is 8.60. The number of aryl methyl sites for hydroxylation is 3. The lowest BCUT2D eigenvalue weighted by atomic mass is 10.2. The Morgan fingerprint density at radius 2 is 1.75 bits per heavy atom. The molecule has 0 aliphatic heterocycles. The van der Waals surface area contributed by atoms with Gasteiger partial charge in [0.2, 0.25) is 0 Å². The smallest absolute Gasteiger partial charge is 0.253 e. The van der Waals surface area contributed by atoms with Crippen molar-refractivity contribution < 1.29 is 8.42 Å². The van der Waals surface area contributed by atoms with E-state index in [4.69, 9.17) is 0 Å². The third kappa shape index (κ3) is 2.80. The van der Waals surface area contributed by atoms with E-state index in [-0.39, 0.29) is 4.90 Å². The lowest BCUT2D eigenvalue weighted by Gasteiger charge is -2.19. The van der Waals surface area contributed by atoms with Crippen LogP contribution in [0, 0.1) is 20.8 Å². The van der Waals surface area contributed by atoms with Gasteiger partial charge in [-0.3, -0.25) is 4.31 Å². The van der Waals surface area contributed by atoms with Crippen LogP contribution in [0.2, 0.25) is 0 Å². The van der Waals surface area contributed by atoms with Gasteiger partial charge in [-0.25, -0.2) is 18.4 Å². The lowest BCUT2D eigenvalue weighted by molar-refractivity contribution is 0.593. The quantitative estimate of drug-likeness (QED) is 0.870. The number of nitrogens with zero attached hydrogens (tertiary/aromatic N) is 3. The van der Waals surface area contributed by atoms with Crippen LogP contribution in [0.1, 0.15) is 17.1 Å². The summed E-state index contributed by atoms with van der Waals surface area (Å²) in [6.45, 7) is 5.41. The third-order valence-electron chi connectivity index (χ3n) is 2.92. The van der Waals surface area contributed by atoms with Crippen LogP contribution >= 0.6 is 0 Å². The van der Waals surface area contributed by atoms with Gasteiger partial charge in [-0.1, -0.05) is 12.1 Å². The molecule has 0 spiro atoms. The second-order valence-electron chi connectivity index (χ2n) is 4.70. The fraction of sp³-hybridized carbons (Fsp3) is 0.286. The molecule has 2 aromatic rings. The second-order valence-corrected chi connectivity index (χ2v) is 6.67. The maximum atomic E-state index is 12.6. The average molecular weight is 291 g/mol. The van der Waals surface area contributed by atoms with E-state index < -0.39 is 10.0 Å². The molecule has 0 N–H and O–H groups in total. The van der Waals surface area contributed by atoms with Crippen LogP contribution in [0.15, 0.2) is 35.2 Å². The molecule has 1 aromatic heterocycles. The Kier molecular flexibility index (Phi) is 3.76. The fourth-order valence-electron chi connectivity index (χ4n) is 1.92. The maximum Gasteiger partial charge on any atom is 0.265 e. The van der Waals surface area contributed by atoms with Crippen molar-refractivity contribution in [2.75, 3.05) is 11.4 Å². The predicted molar refractivity (Wildman–Crippen MR) is 78.3 cm³/mol. The highest BCUT2D eigenvalue weighted by atomic mass is 32.2. The van der Waals surface area contributed by atoms with E-state index in [1.165, 1.54) is 11.4 Å². The van der Waals surface area contributed by atoms with E-state index >= 15 is 0 Å². The molecule has 0 aliphatic carbocycles. The minimum absolute atomic E-state index is 0.258. The molecule has 0 bridgehead atoms. The number of anilines is 1. The molecule has 0 atom stereocenters. The van der Waals surface area contributed by atoms with E-state index in [0.29, 0.717) is 11.6 Å². The van der Waals surface area contributed by atoms with Crippen molar-refractivity contribution >= 4 is 15.8 Å². The van der Waals surface area contributed by atoms with Crippen LogP contribution in [0.25, 0.3) is 0 Å². The summed E-state index contributed by atoms with van der Waals surface area (Å²) in [5.41, 5.74) is 1.63. The molecule has 2 rings (SSSR count). The van der Waals surface area contributed by atoms with Gasteiger partial charge < -0.3 is 0 Å². The zero-order valence-corrected chi connectivity index (χ0v) is 12.8. The highest BCUT2D eigenvalue weighted by Crippen LogP contribution is 2.21. The Hall–Kier alpha value is -1.95. The summed E-state index contributed by atoms with van der Waals surface area (Å²) in [6.07, 6.45) is 0. The van der Waals surface area contributed by atoms with Crippen molar-refractivity contribution in [1.82, 2.24) is 9.97 Å². The van der Waals surface area contributed by atoms with E-state index in [2.05, 4.69) is 9.97 Å². The number of sulfonamides is 1. The molecular weight excluding hydrogens is 274 g/mol. The first kappa shape index (κ1) is 14.5. The molecular formula is C14H17N3O2S. The summed E-state index contributed by atoms with van der Waals surface area (Å²) in [5.74, 6) is 0.919. The van der Waals surface area contributed by atoms with Crippen LogP contribution in [-0.4, -0.2) is 25.4 Å². The molecule has 0 saturated heterocycles. The van der Waals surface area contributed by atoms with Crippen LogP contribution in [0.5, 0.6) is 0 Å². The van der Waals surface area contributed by atoms with Crippen LogP contribution in [0.3, 0.4) is 0 Å². The molecule has 20 heavy (non-hydrogen) atoms. The Morgan fingerprint density at radius 1 is 1.05 bits per heavy atom. The minimum Gasteiger partial charge on any atom is -0.253 e. The van der Waals surface area contributed by atoms with Gasteiger partial charge in [-0.05, 0) is 38.5 Å². The fourth-order valence-corrected chi connectivity index (χ4v) is 3.16. The largest absolute Gasteiger partial charge is 0.265 e. The maximum absolute atomic E-state index is 12.6. The first-order chi connectivity index (χ1) is 9.30. The molecule has 106 valence electrons. The highest BCUT2D eigenvalue weighted by Gasteiger charge is 2.22. The molecule has 5 nitrogen and oxygen atoms in total. The Labute approximate surface area is 119 Å². The summed E-state index contributed by atoms with van der Waals surface area (Å²) >= 11 is 0. The molecule has 1 heterocycles. The van der Waals surface area contributed by atoms with Crippen LogP contribution in [0.4, 0.5) is 5.82 Å². The monoisotopic (exact) mass is 291 g/mol. The van der Waals surface area contributed by atoms with Crippen molar-refractivity contribution in [1.29, 1.82) is 0 Å².